The zero-order chi connectivity index (χ0) is 15.2. The second-order valence-corrected chi connectivity index (χ2v) is 5.29. The fourth-order valence-corrected chi connectivity index (χ4v) is 2.60. The number of piperidine rings is 1. The molecule has 2 N–H and O–H groups in total. The van der Waals surface area contributed by atoms with Crippen molar-refractivity contribution in [3.05, 3.63) is 29.6 Å². The average Bonchev–Trinajstić information content (AvgIpc) is 2.48. The molecule has 1 aliphatic heterocycles. The number of carboxylic acids is 1. The van der Waals surface area contributed by atoms with Gasteiger partial charge in [-0.1, -0.05) is 0 Å². The highest BCUT2D eigenvalue weighted by atomic mass is 16.4. The standard InChI is InChI=1S/C15H21N3O3/c1-2-16-14(19)11-4-7-18(8-5-11)10-13-9-12(15(20)21)3-6-17-13/h3,6,9,11H,2,4-5,7-8,10H2,1H3,(H,16,19)(H,20,21). The third-order valence-electron chi connectivity index (χ3n) is 3.76. The van der Waals surface area contributed by atoms with Crippen LogP contribution in [-0.2, 0) is 11.3 Å². The lowest BCUT2D eigenvalue weighted by atomic mass is 9.96. The van der Waals surface area contributed by atoms with Crippen LogP contribution in [0.15, 0.2) is 18.3 Å². The van der Waals surface area contributed by atoms with Crippen molar-refractivity contribution < 1.29 is 14.7 Å². The van der Waals surface area contributed by atoms with E-state index in [0.717, 1.165) is 31.6 Å². The summed E-state index contributed by atoms with van der Waals surface area (Å²) in [5.74, 6) is -0.698. The summed E-state index contributed by atoms with van der Waals surface area (Å²) in [4.78, 5) is 29.1. The van der Waals surface area contributed by atoms with Crippen LogP contribution in [0.2, 0.25) is 0 Å². The van der Waals surface area contributed by atoms with E-state index < -0.39 is 5.97 Å². The Labute approximate surface area is 124 Å². The molecule has 1 aromatic rings. The molecule has 0 saturated carbocycles. The molecule has 1 aromatic heterocycles. The predicted molar refractivity (Wildman–Crippen MR) is 77.9 cm³/mol. The van der Waals surface area contributed by atoms with Gasteiger partial charge in [0.2, 0.25) is 5.91 Å². The average molecular weight is 291 g/mol. The molecule has 0 bridgehead atoms. The van der Waals surface area contributed by atoms with Crippen LogP contribution in [0, 0.1) is 5.92 Å². The van der Waals surface area contributed by atoms with Crippen molar-refractivity contribution >= 4 is 11.9 Å². The van der Waals surface area contributed by atoms with Crippen LogP contribution in [-0.4, -0.2) is 46.5 Å². The molecule has 1 amide bonds. The third-order valence-corrected chi connectivity index (χ3v) is 3.76. The van der Waals surface area contributed by atoms with Gasteiger partial charge in [-0.3, -0.25) is 14.7 Å². The molecule has 6 nitrogen and oxygen atoms in total. The van der Waals surface area contributed by atoms with Crippen molar-refractivity contribution in [3.63, 3.8) is 0 Å². The summed E-state index contributed by atoms with van der Waals surface area (Å²) in [7, 11) is 0. The van der Waals surface area contributed by atoms with E-state index in [1.165, 1.54) is 12.3 Å². The van der Waals surface area contributed by atoms with Gasteiger partial charge in [0.1, 0.15) is 0 Å². The van der Waals surface area contributed by atoms with Gasteiger partial charge in [-0.05, 0) is 45.0 Å². The highest BCUT2D eigenvalue weighted by Gasteiger charge is 2.24. The predicted octanol–water partition coefficient (Wildman–Crippen LogP) is 1.13. The highest BCUT2D eigenvalue weighted by Crippen LogP contribution is 2.19. The van der Waals surface area contributed by atoms with Gasteiger partial charge in [0.05, 0.1) is 11.3 Å². The van der Waals surface area contributed by atoms with Crippen molar-refractivity contribution in [2.75, 3.05) is 19.6 Å². The normalized spacial score (nSPS) is 16.6. The summed E-state index contributed by atoms with van der Waals surface area (Å²) in [5, 5.41) is 11.8. The zero-order valence-corrected chi connectivity index (χ0v) is 12.2. The number of carboxylic acid groups (broad SMARTS) is 1. The zero-order valence-electron chi connectivity index (χ0n) is 12.2. The topological polar surface area (TPSA) is 82.5 Å². The fourth-order valence-electron chi connectivity index (χ4n) is 2.60. The molecule has 0 aromatic carbocycles. The van der Waals surface area contributed by atoms with Gasteiger partial charge in [0.25, 0.3) is 0 Å². The Hall–Kier alpha value is -1.95. The smallest absolute Gasteiger partial charge is 0.335 e. The molecule has 1 fully saturated rings. The molecule has 1 aliphatic rings. The fraction of sp³-hybridized carbons (Fsp3) is 0.533. The summed E-state index contributed by atoms with van der Waals surface area (Å²) >= 11 is 0. The molecule has 6 heteroatoms. The van der Waals surface area contributed by atoms with E-state index in [9.17, 15) is 9.59 Å². The molecule has 0 radical (unpaired) electrons. The molecule has 21 heavy (non-hydrogen) atoms. The van der Waals surface area contributed by atoms with Crippen molar-refractivity contribution in [3.8, 4) is 0 Å². The van der Waals surface area contributed by atoms with Gasteiger partial charge in [0, 0.05) is 25.2 Å². The van der Waals surface area contributed by atoms with Crippen LogP contribution in [0.5, 0.6) is 0 Å². The van der Waals surface area contributed by atoms with Gasteiger partial charge in [-0.2, -0.15) is 0 Å². The molecule has 2 rings (SSSR count). The van der Waals surface area contributed by atoms with E-state index in [0.29, 0.717) is 13.1 Å². The van der Waals surface area contributed by atoms with Gasteiger partial charge in [-0.15, -0.1) is 0 Å². The lowest BCUT2D eigenvalue weighted by molar-refractivity contribution is -0.126. The van der Waals surface area contributed by atoms with E-state index in [4.69, 9.17) is 5.11 Å². The maximum Gasteiger partial charge on any atom is 0.335 e. The quantitative estimate of drug-likeness (QED) is 0.849. The van der Waals surface area contributed by atoms with Crippen LogP contribution < -0.4 is 5.32 Å². The Morgan fingerprint density at radius 3 is 2.76 bits per heavy atom. The second kappa shape index (κ2) is 7.17. The number of carbonyl (C=O) groups is 2. The number of aromatic nitrogens is 1. The van der Waals surface area contributed by atoms with Crippen molar-refractivity contribution in [2.24, 2.45) is 5.92 Å². The minimum atomic E-state index is -0.936. The van der Waals surface area contributed by atoms with Crippen LogP contribution in [0.4, 0.5) is 0 Å². The first kappa shape index (κ1) is 15.4. The first-order valence-electron chi connectivity index (χ1n) is 7.28. The van der Waals surface area contributed by atoms with Crippen LogP contribution in [0.1, 0.15) is 35.8 Å². The molecule has 0 aliphatic carbocycles. The Balaban J connectivity index is 1.87. The lowest BCUT2D eigenvalue weighted by Gasteiger charge is -2.30. The summed E-state index contributed by atoms with van der Waals surface area (Å²) in [6.07, 6.45) is 3.20. The number of hydrogen-bond donors (Lipinski definition) is 2. The lowest BCUT2D eigenvalue weighted by Crippen LogP contribution is -2.40. The van der Waals surface area contributed by atoms with Crippen LogP contribution >= 0.6 is 0 Å². The number of likely N-dealkylation sites (tertiary alicyclic amines) is 1. The third kappa shape index (κ3) is 4.26. The Bertz CT molecular complexity index is 511. The highest BCUT2D eigenvalue weighted by molar-refractivity contribution is 5.87. The minimum absolute atomic E-state index is 0.0968. The van der Waals surface area contributed by atoms with E-state index in [2.05, 4.69) is 15.2 Å². The minimum Gasteiger partial charge on any atom is -0.478 e. The van der Waals surface area contributed by atoms with E-state index in [-0.39, 0.29) is 17.4 Å². The molecule has 2 heterocycles. The number of nitrogens with one attached hydrogen (secondary N) is 1. The van der Waals surface area contributed by atoms with Crippen molar-refractivity contribution in [1.82, 2.24) is 15.2 Å². The maximum absolute atomic E-state index is 11.8. The molecule has 0 spiro atoms. The number of rotatable bonds is 5. The Morgan fingerprint density at radius 2 is 2.14 bits per heavy atom. The largest absolute Gasteiger partial charge is 0.478 e. The van der Waals surface area contributed by atoms with Gasteiger partial charge in [0.15, 0.2) is 0 Å². The van der Waals surface area contributed by atoms with Gasteiger partial charge < -0.3 is 10.4 Å². The van der Waals surface area contributed by atoms with Crippen molar-refractivity contribution in [1.29, 1.82) is 0 Å². The van der Waals surface area contributed by atoms with E-state index >= 15 is 0 Å². The molecule has 1 saturated heterocycles. The monoisotopic (exact) mass is 291 g/mol. The van der Waals surface area contributed by atoms with Crippen molar-refractivity contribution in [2.45, 2.75) is 26.3 Å². The van der Waals surface area contributed by atoms with Gasteiger partial charge >= 0.3 is 5.97 Å². The number of amides is 1. The first-order valence-corrected chi connectivity index (χ1v) is 7.28. The van der Waals surface area contributed by atoms with Gasteiger partial charge in [-0.25, -0.2) is 4.79 Å². The summed E-state index contributed by atoms with van der Waals surface area (Å²) in [6.45, 7) is 4.89. The Kier molecular flexibility index (Phi) is 5.27. The number of nitrogens with zero attached hydrogens (tertiary/aromatic N) is 2. The second-order valence-electron chi connectivity index (χ2n) is 5.29. The Morgan fingerprint density at radius 1 is 1.43 bits per heavy atom. The number of pyridine rings is 1. The molecule has 0 atom stereocenters. The number of hydrogen-bond acceptors (Lipinski definition) is 4. The number of carbonyl (C=O) groups excluding carboxylic acids is 1. The summed E-state index contributed by atoms with van der Waals surface area (Å²) in [5.41, 5.74) is 1.02. The first-order chi connectivity index (χ1) is 10.1. The van der Waals surface area contributed by atoms with Crippen LogP contribution in [0.25, 0.3) is 0 Å². The SMILES string of the molecule is CCNC(=O)C1CCN(Cc2cc(C(=O)O)ccn2)CC1. The van der Waals surface area contributed by atoms with E-state index in [1.54, 1.807) is 6.07 Å². The van der Waals surface area contributed by atoms with E-state index in [1.807, 2.05) is 6.92 Å². The van der Waals surface area contributed by atoms with Crippen LogP contribution in [0.3, 0.4) is 0 Å². The summed E-state index contributed by atoms with van der Waals surface area (Å²) in [6, 6.07) is 3.10. The molecular formula is C15H21N3O3. The maximum atomic E-state index is 11.8. The molecular weight excluding hydrogens is 270 g/mol. The molecule has 0 unspecified atom stereocenters. The molecule has 114 valence electrons. The number of aromatic carboxylic acids is 1. The summed E-state index contributed by atoms with van der Waals surface area (Å²) < 4.78 is 0.